The highest BCUT2D eigenvalue weighted by Crippen LogP contribution is 2.28. The number of carbonyl (C=O) groups is 2. The Labute approximate surface area is 205 Å². The predicted molar refractivity (Wildman–Crippen MR) is 137 cm³/mol. The lowest BCUT2D eigenvalue weighted by molar-refractivity contribution is -0.111. The van der Waals surface area contributed by atoms with Gasteiger partial charge in [-0.1, -0.05) is 24.3 Å². The molecule has 2 amide bonds. The fourth-order valence-electron chi connectivity index (χ4n) is 4.22. The lowest BCUT2D eigenvalue weighted by Crippen LogP contribution is -2.29. The van der Waals surface area contributed by atoms with Crippen LogP contribution in [-0.2, 0) is 11.2 Å². The zero-order chi connectivity index (χ0) is 24.8. The van der Waals surface area contributed by atoms with Crippen molar-refractivity contribution in [2.24, 2.45) is 5.92 Å². The van der Waals surface area contributed by atoms with E-state index < -0.39 is 0 Å². The van der Waals surface area contributed by atoms with Crippen LogP contribution in [0.2, 0.25) is 0 Å². The summed E-state index contributed by atoms with van der Waals surface area (Å²) in [5.41, 5.74) is 2.00. The summed E-state index contributed by atoms with van der Waals surface area (Å²) >= 11 is 0. The highest BCUT2D eigenvalue weighted by Gasteiger charge is 2.29. The summed E-state index contributed by atoms with van der Waals surface area (Å²) in [6.45, 7) is 2.00. The molecule has 2 aromatic carbocycles. The van der Waals surface area contributed by atoms with Crippen molar-refractivity contribution in [1.29, 1.82) is 0 Å². The third kappa shape index (κ3) is 6.22. The van der Waals surface area contributed by atoms with Crippen molar-refractivity contribution in [3.63, 3.8) is 0 Å². The molecular formula is C27H31N5O3. The van der Waals surface area contributed by atoms with E-state index in [2.05, 4.69) is 15.3 Å². The van der Waals surface area contributed by atoms with E-state index in [1.165, 1.54) is 13.2 Å². The number of nitrogens with one attached hydrogen (secondary N) is 1. The molecule has 0 bridgehead atoms. The summed E-state index contributed by atoms with van der Waals surface area (Å²) in [5, 5.41) is 3.83. The number of nitrogens with zero attached hydrogens (tertiary/aromatic N) is 4. The molecule has 0 spiro atoms. The molecule has 0 aliphatic carbocycles. The summed E-state index contributed by atoms with van der Waals surface area (Å²) in [6, 6.07) is 13.1. The minimum absolute atomic E-state index is 0.0764. The van der Waals surface area contributed by atoms with Gasteiger partial charge in [-0.15, -0.1) is 0 Å². The highest BCUT2D eigenvalue weighted by atomic mass is 16.5. The molecule has 0 unspecified atom stereocenters. The molecular weight excluding hydrogens is 442 g/mol. The van der Waals surface area contributed by atoms with E-state index in [1.54, 1.807) is 24.3 Å². The standard InChI is InChI=1S/C27H31N5O3/c1-31(2)13-6-9-26(33)29-21-10-11-22(24(16-21)35-3)27(34)32-14-12-19(18-32)15-25-28-17-20-7-4-5-8-23(20)30-25/h4-11,16-17,19H,12-15,18H2,1-3H3,(H,29,33)/b9-6+/t19-/m0/s1. The van der Waals surface area contributed by atoms with Crippen LogP contribution in [0.1, 0.15) is 22.6 Å². The van der Waals surface area contributed by atoms with Crippen molar-refractivity contribution in [3.05, 3.63) is 72.2 Å². The maximum Gasteiger partial charge on any atom is 0.257 e. The number of ether oxygens (including phenoxy) is 1. The van der Waals surface area contributed by atoms with Gasteiger partial charge in [-0.25, -0.2) is 9.97 Å². The van der Waals surface area contributed by atoms with Gasteiger partial charge < -0.3 is 19.9 Å². The lowest BCUT2D eigenvalue weighted by atomic mass is 10.0. The van der Waals surface area contributed by atoms with Gasteiger partial charge >= 0.3 is 0 Å². The van der Waals surface area contributed by atoms with Crippen LogP contribution in [-0.4, -0.2) is 72.4 Å². The topological polar surface area (TPSA) is 87.7 Å². The van der Waals surface area contributed by atoms with Crippen LogP contribution in [0.4, 0.5) is 5.69 Å². The van der Waals surface area contributed by atoms with Gasteiger partial charge in [-0.2, -0.15) is 0 Å². The first-order chi connectivity index (χ1) is 16.9. The Balaban J connectivity index is 1.38. The maximum absolute atomic E-state index is 13.2. The first-order valence-electron chi connectivity index (χ1n) is 11.7. The van der Waals surface area contributed by atoms with Crippen LogP contribution in [0.3, 0.4) is 0 Å². The Hall–Kier alpha value is -3.78. The number of hydrogen-bond donors (Lipinski definition) is 1. The first-order valence-corrected chi connectivity index (χ1v) is 11.7. The van der Waals surface area contributed by atoms with Crippen LogP contribution < -0.4 is 10.1 Å². The molecule has 1 aromatic heterocycles. The molecule has 1 fully saturated rings. The summed E-state index contributed by atoms with van der Waals surface area (Å²) in [5.74, 6) is 1.24. The number of amides is 2. The van der Waals surface area contributed by atoms with Gasteiger partial charge in [0.2, 0.25) is 5.91 Å². The van der Waals surface area contributed by atoms with Gasteiger partial charge in [0.15, 0.2) is 0 Å². The molecule has 1 aliphatic rings. The molecule has 2 heterocycles. The number of para-hydroxylation sites is 1. The fraction of sp³-hybridized carbons (Fsp3) is 0.333. The number of rotatable bonds is 8. The minimum atomic E-state index is -0.230. The van der Waals surface area contributed by atoms with Crippen molar-refractivity contribution in [1.82, 2.24) is 19.8 Å². The van der Waals surface area contributed by atoms with Gasteiger partial charge in [-0.05, 0) is 44.6 Å². The van der Waals surface area contributed by atoms with Crippen molar-refractivity contribution in [2.45, 2.75) is 12.8 Å². The molecule has 0 saturated carbocycles. The quantitative estimate of drug-likeness (QED) is 0.505. The molecule has 4 rings (SSSR count). The Kier molecular flexibility index (Phi) is 7.72. The van der Waals surface area contributed by atoms with Crippen molar-refractivity contribution >= 4 is 28.4 Å². The van der Waals surface area contributed by atoms with Crippen LogP contribution >= 0.6 is 0 Å². The Morgan fingerprint density at radius 2 is 2.06 bits per heavy atom. The van der Waals surface area contributed by atoms with E-state index in [1.807, 2.05) is 54.4 Å². The number of aromatic nitrogens is 2. The largest absolute Gasteiger partial charge is 0.496 e. The molecule has 1 saturated heterocycles. The van der Waals surface area contributed by atoms with Crippen molar-refractivity contribution < 1.29 is 14.3 Å². The molecule has 1 N–H and O–H groups in total. The highest BCUT2D eigenvalue weighted by molar-refractivity contribution is 6.01. The number of likely N-dealkylation sites (N-methyl/N-ethyl adjacent to an activating group) is 1. The number of benzene rings is 2. The van der Waals surface area contributed by atoms with E-state index in [4.69, 9.17) is 4.74 Å². The van der Waals surface area contributed by atoms with Gasteiger partial charge in [0.25, 0.3) is 5.91 Å². The van der Waals surface area contributed by atoms with Gasteiger partial charge in [-0.3, -0.25) is 9.59 Å². The normalized spacial score (nSPS) is 15.8. The van der Waals surface area contributed by atoms with E-state index in [0.29, 0.717) is 42.6 Å². The Morgan fingerprint density at radius 1 is 1.23 bits per heavy atom. The monoisotopic (exact) mass is 473 g/mol. The van der Waals surface area contributed by atoms with Gasteiger partial charge in [0.05, 0.1) is 18.2 Å². The number of methoxy groups -OCH3 is 1. The van der Waals surface area contributed by atoms with E-state index in [9.17, 15) is 9.59 Å². The smallest absolute Gasteiger partial charge is 0.257 e. The summed E-state index contributed by atoms with van der Waals surface area (Å²) in [7, 11) is 5.39. The lowest BCUT2D eigenvalue weighted by Gasteiger charge is -2.19. The second-order valence-electron chi connectivity index (χ2n) is 9.02. The molecule has 182 valence electrons. The molecule has 8 nitrogen and oxygen atoms in total. The van der Waals surface area contributed by atoms with Crippen molar-refractivity contribution in [3.8, 4) is 5.75 Å². The third-order valence-electron chi connectivity index (χ3n) is 6.02. The average Bonchev–Trinajstić information content (AvgIpc) is 3.31. The maximum atomic E-state index is 13.2. The van der Waals surface area contributed by atoms with E-state index >= 15 is 0 Å². The second-order valence-corrected chi connectivity index (χ2v) is 9.02. The number of hydrogen-bond acceptors (Lipinski definition) is 6. The molecule has 8 heteroatoms. The summed E-state index contributed by atoms with van der Waals surface area (Å²) in [6.07, 6.45) is 6.78. The number of anilines is 1. The van der Waals surface area contributed by atoms with E-state index in [0.717, 1.165) is 29.6 Å². The number of likely N-dealkylation sites (tertiary alicyclic amines) is 1. The van der Waals surface area contributed by atoms with Crippen LogP contribution in [0.25, 0.3) is 10.9 Å². The Morgan fingerprint density at radius 3 is 2.86 bits per heavy atom. The number of carbonyl (C=O) groups excluding carboxylic acids is 2. The van der Waals surface area contributed by atoms with Crippen LogP contribution in [0.15, 0.2) is 60.8 Å². The Bertz CT molecular complexity index is 1240. The van der Waals surface area contributed by atoms with Crippen LogP contribution in [0.5, 0.6) is 5.75 Å². The fourth-order valence-corrected chi connectivity index (χ4v) is 4.22. The van der Waals surface area contributed by atoms with Gasteiger partial charge in [0.1, 0.15) is 11.6 Å². The zero-order valence-electron chi connectivity index (χ0n) is 20.4. The molecule has 1 aliphatic heterocycles. The summed E-state index contributed by atoms with van der Waals surface area (Å²) in [4.78, 5) is 38.4. The third-order valence-corrected chi connectivity index (χ3v) is 6.02. The molecule has 1 atom stereocenters. The predicted octanol–water partition coefficient (Wildman–Crippen LogP) is 3.40. The average molecular weight is 474 g/mol. The molecule has 35 heavy (non-hydrogen) atoms. The second kappa shape index (κ2) is 11.1. The van der Waals surface area contributed by atoms with Crippen LogP contribution in [0, 0.1) is 5.92 Å². The molecule has 0 radical (unpaired) electrons. The zero-order valence-corrected chi connectivity index (χ0v) is 20.4. The molecule has 3 aromatic rings. The van der Waals surface area contributed by atoms with Gasteiger partial charge in [0, 0.05) is 55.5 Å². The number of fused-ring (bicyclic) bond motifs is 1. The summed E-state index contributed by atoms with van der Waals surface area (Å²) < 4.78 is 5.48. The SMILES string of the molecule is COc1cc(NC(=O)/C=C/CN(C)C)ccc1C(=O)N1CC[C@@H](Cc2ncc3ccccc3n2)C1. The van der Waals surface area contributed by atoms with Crippen molar-refractivity contribution in [2.75, 3.05) is 46.2 Å². The van der Waals surface area contributed by atoms with E-state index in [-0.39, 0.29) is 11.8 Å². The minimum Gasteiger partial charge on any atom is -0.496 e. The first kappa shape index (κ1) is 24.3.